The van der Waals surface area contributed by atoms with E-state index in [2.05, 4.69) is 41.9 Å². The number of halogens is 1. The molecule has 0 fully saturated rings. The van der Waals surface area contributed by atoms with Gasteiger partial charge in [0.05, 0.1) is 12.2 Å². The minimum Gasteiger partial charge on any atom is -0.351 e. The molecule has 3 nitrogen and oxygen atoms in total. The van der Waals surface area contributed by atoms with Crippen LogP contribution in [-0.4, -0.2) is 16.5 Å². The van der Waals surface area contributed by atoms with E-state index in [-0.39, 0.29) is 0 Å². The smallest absolute Gasteiger partial charge is 0.129 e. The summed E-state index contributed by atoms with van der Waals surface area (Å²) in [6, 6.07) is 10.3. The maximum absolute atomic E-state index is 6.00. The second kappa shape index (κ2) is 7.41. The summed E-state index contributed by atoms with van der Waals surface area (Å²) in [5.74, 6) is 1.50. The Morgan fingerprint density at radius 3 is 2.52 bits per heavy atom. The highest BCUT2D eigenvalue weighted by atomic mass is 35.5. The highest BCUT2D eigenvalue weighted by Gasteiger charge is 2.10. The Balaban J connectivity index is 2.28. The Kier molecular flexibility index (Phi) is 5.57. The predicted molar refractivity (Wildman–Crippen MR) is 88.9 cm³/mol. The maximum Gasteiger partial charge on any atom is 0.129 e. The van der Waals surface area contributed by atoms with Crippen LogP contribution in [0.5, 0.6) is 0 Å². The molecular weight excluding hydrogens is 282 g/mol. The Hall–Kier alpha value is -1.61. The quantitative estimate of drug-likeness (QED) is 0.752. The predicted octanol–water partition coefficient (Wildman–Crippen LogP) is 4.11. The topological polar surface area (TPSA) is 29.0 Å². The van der Waals surface area contributed by atoms with E-state index in [4.69, 9.17) is 16.6 Å². The fourth-order valence-electron chi connectivity index (χ4n) is 2.29. The summed E-state index contributed by atoms with van der Waals surface area (Å²) in [5.41, 5.74) is 4.31. The molecule has 2 rings (SSSR count). The van der Waals surface area contributed by atoms with Crippen LogP contribution in [0.1, 0.15) is 36.5 Å². The largest absolute Gasteiger partial charge is 0.351 e. The van der Waals surface area contributed by atoms with E-state index in [9.17, 15) is 0 Å². The monoisotopic (exact) mass is 303 g/mol. The van der Waals surface area contributed by atoms with E-state index in [1.165, 1.54) is 0 Å². The first-order valence-corrected chi connectivity index (χ1v) is 7.93. The zero-order valence-corrected chi connectivity index (χ0v) is 13.7. The molecule has 0 N–H and O–H groups in total. The van der Waals surface area contributed by atoms with Gasteiger partial charge < -0.3 is 4.90 Å². The van der Waals surface area contributed by atoms with Crippen LogP contribution in [0.3, 0.4) is 0 Å². The Labute approximate surface area is 132 Å². The normalized spacial score (nSPS) is 10.7. The number of pyridine rings is 2. The summed E-state index contributed by atoms with van der Waals surface area (Å²) in [6.45, 7) is 7.91. The third kappa shape index (κ3) is 4.18. The van der Waals surface area contributed by atoms with E-state index in [0.29, 0.717) is 5.88 Å². The summed E-state index contributed by atoms with van der Waals surface area (Å²) >= 11 is 6.00. The van der Waals surface area contributed by atoms with Gasteiger partial charge in [-0.2, -0.15) is 0 Å². The second-order valence-corrected chi connectivity index (χ2v) is 5.36. The lowest BCUT2D eigenvalue weighted by Crippen LogP contribution is -2.24. The molecule has 0 bridgehead atoms. The second-order valence-electron chi connectivity index (χ2n) is 5.10. The minimum atomic E-state index is 0.517. The molecule has 0 saturated carbocycles. The number of anilines is 1. The molecule has 112 valence electrons. The molecule has 0 atom stereocenters. The van der Waals surface area contributed by atoms with Crippen LogP contribution in [0, 0.1) is 6.92 Å². The molecular formula is C17H22ClN3. The van der Waals surface area contributed by atoms with Crippen LogP contribution < -0.4 is 4.90 Å². The number of aromatic nitrogens is 2. The number of nitrogens with zero attached hydrogens (tertiary/aromatic N) is 3. The van der Waals surface area contributed by atoms with E-state index >= 15 is 0 Å². The van der Waals surface area contributed by atoms with Crippen molar-refractivity contribution in [3.05, 3.63) is 53.0 Å². The van der Waals surface area contributed by atoms with Crippen molar-refractivity contribution in [3.8, 4) is 0 Å². The Bertz CT molecular complexity index is 576. The van der Waals surface area contributed by atoms with Gasteiger partial charge in [-0.1, -0.05) is 13.0 Å². The fourth-order valence-corrected chi connectivity index (χ4v) is 2.45. The highest BCUT2D eigenvalue weighted by Crippen LogP contribution is 2.19. The van der Waals surface area contributed by atoms with E-state index in [1.54, 1.807) is 0 Å². The van der Waals surface area contributed by atoms with Gasteiger partial charge in [0.25, 0.3) is 0 Å². The van der Waals surface area contributed by atoms with E-state index in [1.807, 2.05) is 19.1 Å². The summed E-state index contributed by atoms with van der Waals surface area (Å²) in [4.78, 5) is 11.5. The first kappa shape index (κ1) is 15.8. The fraction of sp³-hybridized carbons (Fsp3) is 0.412. The van der Waals surface area contributed by atoms with Gasteiger partial charge in [-0.15, -0.1) is 11.6 Å². The molecule has 2 aromatic rings. The molecule has 2 aromatic heterocycles. The van der Waals surface area contributed by atoms with Crippen LogP contribution in [0.25, 0.3) is 0 Å². The molecule has 0 aliphatic carbocycles. The van der Waals surface area contributed by atoms with Crippen LogP contribution in [0.15, 0.2) is 30.3 Å². The molecule has 0 spiro atoms. The van der Waals surface area contributed by atoms with Crippen LogP contribution in [0.2, 0.25) is 0 Å². The lowest BCUT2D eigenvalue weighted by atomic mass is 10.2. The van der Waals surface area contributed by atoms with Crippen molar-refractivity contribution in [1.82, 2.24) is 9.97 Å². The lowest BCUT2D eigenvalue weighted by Gasteiger charge is -2.23. The molecule has 0 aliphatic heterocycles. The summed E-state index contributed by atoms with van der Waals surface area (Å²) in [5, 5.41) is 0. The molecule has 4 heteroatoms. The number of aryl methyl sites for hydroxylation is 2. The van der Waals surface area contributed by atoms with Crippen molar-refractivity contribution >= 4 is 17.4 Å². The molecule has 0 radical (unpaired) electrons. The molecule has 21 heavy (non-hydrogen) atoms. The summed E-state index contributed by atoms with van der Waals surface area (Å²) < 4.78 is 0. The van der Waals surface area contributed by atoms with Gasteiger partial charge in [-0.3, -0.25) is 4.98 Å². The minimum absolute atomic E-state index is 0.517. The van der Waals surface area contributed by atoms with Crippen molar-refractivity contribution in [2.24, 2.45) is 0 Å². The van der Waals surface area contributed by atoms with E-state index in [0.717, 1.165) is 48.0 Å². The molecule has 0 aromatic carbocycles. The molecule has 0 amide bonds. The number of rotatable bonds is 6. The average Bonchev–Trinajstić information content (AvgIpc) is 2.52. The first-order chi connectivity index (χ1) is 10.2. The van der Waals surface area contributed by atoms with Gasteiger partial charge in [-0.05, 0) is 50.1 Å². The average molecular weight is 304 g/mol. The van der Waals surface area contributed by atoms with Gasteiger partial charge in [-0.25, -0.2) is 4.98 Å². The first-order valence-electron chi connectivity index (χ1n) is 7.39. The zero-order chi connectivity index (χ0) is 15.2. The third-order valence-electron chi connectivity index (χ3n) is 3.45. The Morgan fingerprint density at radius 2 is 1.90 bits per heavy atom. The number of hydrogen-bond acceptors (Lipinski definition) is 3. The van der Waals surface area contributed by atoms with Crippen molar-refractivity contribution in [1.29, 1.82) is 0 Å². The van der Waals surface area contributed by atoms with Gasteiger partial charge in [0.15, 0.2) is 0 Å². The van der Waals surface area contributed by atoms with Gasteiger partial charge >= 0.3 is 0 Å². The van der Waals surface area contributed by atoms with Crippen molar-refractivity contribution in [2.45, 2.75) is 39.6 Å². The highest BCUT2D eigenvalue weighted by molar-refractivity contribution is 6.17. The molecule has 2 heterocycles. The Morgan fingerprint density at radius 1 is 1.10 bits per heavy atom. The maximum atomic E-state index is 6.00. The third-order valence-corrected chi connectivity index (χ3v) is 3.75. The molecule has 0 saturated heterocycles. The summed E-state index contributed by atoms with van der Waals surface area (Å²) in [6.07, 6.45) is 0.915. The van der Waals surface area contributed by atoms with Gasteiger partial charge in [0.1, 0.15) is 5.82 Å². The molecule has 0 aliphatic rings. The lowest BCUT2D eigenvalue weighted by molar-refractivity contribution is 0.784. The van der Waals surface area contributed by atoms with Crippen molar-refractivity contribution in [3.63, 3.8) is 0 Å². The van der Waals surface area contributed by atoms with Crippen LogP contribution >= 0.6 is 11.6 Å². The van der Waals surface area contributed by atoms with Crippen LogP contribution in [-0.2, 0) is 18.8 Å². The van der Waals surface area contributed by atoms with Crippen LogP contribution in [0.4, 0.5) is 5.82 Å². The number of alkyl halides is 1. The zero-order valence-electron chi connectivity index (χ0n) is 12.9. The van der Waals surface area contributed by atoms with Crippen molar-refractivity contribution < 1.29 is 0 Å². The SMILES string of the molecule is CCc1cc(CCl)cc(N(CC)Cc2cccc(C)n2)n1. The number of hydrogen-bond donors (Lipinski definition) is 0. The van der Waals surface area contributed by atoms with Crippen molar-refractivity contribution in [2.75, 3.05) is 11.4 Å². The van der Waals surface area contributed by atoms with Gasteiger partial charge in [0.2, 0.25) is 0 Å². The molecule has 0 unspecified atom stereocenters. The standard InChI is InChI=1S/C17H22ClN3/c1-4-15-9-14(11-18)10-17(20-15)21(5-2)12-16-8-6-7-13(3)19-16/h6-10H,4-5,11-12H2,1-3H3. The summed E-state index contributed by atoms with van der Waals surface area (Å²) in [7, 11) is 0. The van der Waals surface area contributed by atoms with Gasteiger partial charge in [0, 0.05) is 23.8 Å². The van der Waals surface area contributed by atoms with E-state index < -0.39 is 0 Å².